The van der Waals surface area contributed by atoms with E-state index in [0.29, 0.717) is 30.1 Å². The number of aryl methyl sites for hydroxylation is 1. The van der Waals surface area contributed by atoms with E-state index in [1.165, 1.54) is 12.8 Å². The highest BCUT2D eigenvalue weighted by molar-refractivity contribution is 5.34. The molecule has 2 atom stereocenters. The Morgan fingerprint density at radius 1 is 1.44 bits per heavy atom. The number of aromatic nitrogens is 2. The minimum Gasteiger partial charge on any atom is -0.351 e. The van der Waals surface area contributed by atoms with Gasteiger partial charge in [-0.3, -0.25) is 0 Å². The third-order valence-electron chi connectivity index (χ3n) is 3.50. The van der Waals surface area contributed by atoms with Gasteiger partial charge in [-0.25, -0.2) is 9.97 Å². The molecule has 1 aliphatic carbocycles. The normalized spacial score (nSPS) is 23.4. The zero-order chi connectivity index (χ0) is 13.0. The van der Waals surface area contributed by atoms with Crippen LogP contribution in [0.4, 0.5) is 5.95 Å². The fraction of sp³-hybridized carbons (Fsp3) is 0.615. The largest absolute Gasteiger partial charge is 0.351 e. The molecule has 0 spiro atoms. The quantitative estimate of drug-likeness (QED) is 0.844. The monoisotopic (exact) mass is 245 g/mol. The predicted molar refractivity (Wildman–Crippen MR) is 69.9 cm³/mol. The standard InChI is InChI=1S/C13H19N5/c1-9-6-11(8-15)17-13(16-9)18-12-5-3-2-4-10(12)7-14/h6,10,12H,2-5,7,14H2,1H3,(H,16,17,18). The van der Waals surface area contributed by atoms with Crippen LogP contribution in [-0.2, 0) is 0 Å². The van der Waals surface area contributed by atoms with Crippen LogP contribution in [0, 0.1) is 24.2 Å². The molecule has 1 aliphatic rings. The van der Waals surface area contributed by atoms with E-state index < -0.39 is 0 Å². The van der Waals surface area contributed by atoms with Crippen LogP contribution >= 0.6 is 0 Å². The van der Waals surface area contributed by atoms with E-state index in [0.717, 1.165) is 18.5 Å². The number of nitriles is 1. The molecule has 2 rings (SSSR count). The third kappa shape index (κ3) is 2.96. The summed E-state index contributed by atoms with van der Waals surface area (Å²) in [6.45, 7) is 2.56. The van der Waals surface area contributed by atoms with Crippen molar-refractivity contribution in [2.45, 2.75) is 38.6 Å². The number of nitrogens with zero attached hydrogens (tertiary/aromatic N) is 3. The van der Waals surface area contributed by atoms with Crippen LogP contribution in [0.15, 0.2) is 6.07 Å². The molecule has 0 aromatic carbocycles. The molecule has 1 aromatic heterocycles. The van der Waals surface area contributed by atoms with Crippen molar-refractivity contribution in [1.29, 1.82) is 5.26 Å². The number of nitrogens with one attached hydrogen (secondary N) is 1. The highest BCUT2D eigenvalue weighted by atomic mass is 15.1. The third-order valence-corrected chi connectivity index (χ3v) is 3.50. The van der Waals surface area contributed by atoms with Gasteiger partial charge in [-0.05, 0) is 38.3 Å². The van der Waals surface area contributed by atoms with Crippen LogP contribution in [-0.4, -0.2) is 22.6 Å². The second-order valence-corrected chi connectivity index (χ2v) is 4.86. The van der Waals surface area contributed by atoms with Crippen LogP contribution in [0.25, 0.3) is 0 Å². The Bertz CT molecular complexity index is 451. The maximum atomic E-state index is 8.90. The molecule has 96 valence electrons. The molecule has 5 heteroatoms. The van der Waals surface area contributed by atoms with Crippen molar-refractivity contribution in [3.05, 3.63) is 17.5 Å². The molecule has 0 aliphatic heterocycles. The lowest BCUT2D eigenvalue weighted by atomic mass is 9.84. The Kier molecular flexibility index (Phi) is 4.11. The smallest absolute Gasteiger partial charge is 0.224 e. The first-order chi connectivity index (χ1) is 8.72. The molecule has 5 nitrogen and oxygen atoms in total. The van der Waals surface area contributed by atoms with E-state index in [1.807, 2.05) is 6.92 Å². The van der Waals surface area contributed by atoms with Gasteiger partial charge in [0.15, 0.2) is 0 Å². The van der Waals surface area contributed by atoms with E-state index in [9.17, 15) is 0 Å². The Morgan fingerprint density at radius 3 is 2.94 bits per heavy atom. The maximum Gasteiger partial charge on any atom is 0.224 e. The second kappa shape index (κ2) is 5.78. The van der Waals surface area contributed by atoms with Crippen molar-refractivity contribution in [1.82, 2.24) is 9.97 Å². The lowest BCUT2D eigenvalue weighted by Crippen LogP contribution is -2.37. The first-order valence-electron chi connectivity index (χ1n) is 6.45. The van der Waals surface area contributed by atoms with Gasteiger partial charge in [0.05, 0.1) is 0 Å². The molecule has 18 heavy (non-hydrogen) atoms. The summed E-state index contributed by atoms with van der Waals surface area (Å²) in [6, 6.07) is 4.07. The van der Waals surface area contributed by atoms with Gasteiger partial charge in [0.25, 0.3) is 0 Å². The van der Waals surface area contributed by atoms with E-state index in [2.05, 4.69) is 21.4 Å². The molecule has 0 radical (unpaired) electrons. The number of hydrogen-bond donors (Lipinski definition) is 2. The SMILES string of the molecule is Cc1cc(C#N)nc(NC2CCCCC2CN)n1. The van der Waals surface area contributed by atoms with Crippen molar-refractivity contribution in [3.8, 4) is 6.07 Å². The van der Waals surface area contributed by atoms with Crippen molar-refractivity contribution in [2.24, 2.45) is 11.7 Å². The van der Waals surface area contributed by atoms with Gasteiger partial charge in [-0.15, -0.1) is 0 Å². The van der Waals surface area contributed by atoms with Crippen LogP contribution in [0.3, 0.4) is 0 Å². The minimum atomic E-state index is 0.331. The Morgan fingerprint density at radius 2 is 2.22 bits per heavy atom. The lowest BCUT2D eigenvalue weighted by Gasteiger charge is -2.31. The van der Waals surface area contributed by atoms with Crippen molar-refractivity contribution >= 4 is 5.95 Å². The summed E-state index contributed by atoms with van der Waals surface area (Å²) in [4.78, 5) is 8.52. The number of nitrogens with two attached hydrogens (primary N) is 1. The van der Waals surface area contributed by atoms with Crippen LogP contribution in [0.2, 0.25) is 0 Å². The van der Waals surface area contributed by atoms with Gasteiger partial charge < -0.3 is 11.1 Å². The maximum absolute atomic E-state index is 8.90. The van der Waals surface area contributed by atoms with Crippen LogP contribution in [0.5, 0.6) is 0 Å². The molecule has 2 unspecified atom stereocenters. The van der Waals surface area contributed by atoms with E-state index in [1.54, 1.807) is 6.07 Å². The minimum absolute atomic E-state index is 0.331. The molecule has 0 saturated heterocycles. The molecule has 3 N–H and O–H groups in total. The van der Waals surface area contributed by atoms with Gasteiger partial charge in [0, 0.05) is 11.7 Å². The zero-order valence-corrected chi connectivity index (χ0v) is 10.7. The van der Waals surface area contributed by atoms with Crippen molar-refractivity contribution in [2.75, 3.05) is 11.9 Å². The molecular formula is C13H19N5. The summed E-state index contributed by atoms with van der Waals surface area (Å²) in [5, 5.41) is 12.2. The van der Waals surface area contributed by atoms with E-state index in [4.69, 9.17) is 11.0 Å². The van der Waals surface area contributed by atoms with E-state index >= 15 is 0 Å². The predicted octanol–water partition coefficient (Wildman–Crippen LogP) is 1.59. The Labute approximate surface area is 107 Å². The van der Waals surface area contributed by atoms with Crippen molar-refractivity contribution < 1.29 is 0 Å². The van der Waals surface area contributed by atoms with Gasteiger partial charge in [0.1, 0.15) is 11.8 Å². The molecule has 1 fully saturated rings. The van der Waals surface area contributed by atoms with Gasteiger partial charge in [-0.1, -0.05) is 12.8 Å². The fourth-order valence-corrected chi connectivity index (χ4v) is 2.54. The molecule has 1 heterocycles. The number of anilines is 1. The summed E-state index contributed by atoms with van der Waals surface area (Å²) < 4.78 is 0. The summed E-state index contributed by atoms with van der Waals surface area (Å²) in [5.41, 5.74) is 7.02. The second-order valence-electron chi connectivity index (χ2n) is 4.86. The average molecular weight is 245 g/mol. The summed E-state index contributed by atoms with van der Waals surface area (Å²) in [5.74, 6) is 1.03. The number of rotatable bonds is 3. The lowest BCUT2D eigenvalue weighted by molar-refractivity contribution is 0.331. The molecule has 0 amide bonds. The highest BCUT2D eigenvalue weighted by Gasteiger charge is 2.24. The Balaban J connectivity index is 2.12. The molecular weight excluding hydrogens is 226 g/mol. The summed E-state index contributed by atoms with van der Waals surface area (Å²) in [7, 11) is 0. The van der Waals surface area contributed by atoms with Gasteiger partial charge in [-0.2, -0.15) is 5.26 Å². The van der Waals surface area contributed by atoms with Gasteiger partial charge in [0.2, 0.25) is 5.95 Å². The van der Waals surface area contributed by atoms with Crippen molar-refractivity contribution in [3.63, 3.8) is 0 Å². The molecule has 1 saturated carbocycles. The van der Waals surface area contributed by atoms with Gasteiger partial charge >= 0.3 is 0 Å². The fourth-order valence-electron chi connectivity index (χ4n) is 2.54. The summed E-state index contributed by atoms with van der Waals surface area (Å²) in [6.07, 6.45) is 4.72. The number of hydrogen-bond acceptors (Lipinski definition) is 5. The zero-order valence-electron chi connectivity index (χ0n) is 10.7. The average Bonchev–Trinajstić information content (AvgIpc) is 2.38. The highest BCUT2D eigenvalue weighted by Crippen LogP contribution is 2.25. The first kappa shape index (κ1) is 12.8. The molecule has 0 bridgehead atoms. The van der Waals surface area contributed by atoms with Crippen LogP contribution < -0.4 is 11.1 Å². The summed E-state index contributed by atoms with van der Waals surface area (Å²) >= 11 is 0. The molecule has 1 aromatic rings. The Hall–Kier alpha value is -1.67. The first-order valence-corrected chi connectivity index (χ1v) is 6.45. The van der Waals surface area contributed by atoms with Crippen LogP contribution in [0.1, 0.15) is 37.1 Å². The van der Waals surface area contributed by atoms with E-state index in [-0.39, 0.29) is 0 Å². The topological polar surface area (TPSA) is 87.6 Å².